The molecule has 1 amide bonds. The molecule has 0 bridgehead atoms. The van der Waals surface area contributed by atoms with Crippen molar-refractivity contribution in [2.24, 2.45) is 0 Å². The topological polar surface area (TPSA) is 173 Å². The summed E-state index contributed by atoms with van der Waals surface area (Å²) in [7, 11) is 5.46. The largest absolute Gasteiger partial charge is 0.494 e. The van der Waals surface area contributed by atoms with Crippen LogP contribution in [0.5, 0.6) is 5.75 Å². The third-order valence-corrected chi connectivity index (χ3v) is 7.85. The number of hydrogen-bond donors (Lipinski definition) is 3. The van der Waals surface area contributed by atoms with Gasteiger partial charge in [-0.15, -0.1) is 0 Å². The minimum Gasteiger partial charge on any atom is -0.494 e. The van der Waals surface area contributed by atoms with Crippen molar-refractivity contribution in [2.75, 3.05) is 50.2 Å². The number of para-hydroxylation sites is 1. The lowest BCUT2D eigenvalue weighted by atomic mass is 10.1. The lowest BCUT2D eigenvalue weighted by Gasteiger charge is -2.19. The molecule has 14 nitrogen and oxygen atoms in total. The summed E-state index contributed by atoms with van der Waals surface area (Å²) >= 11 is 0. The molecule has 1 fully saturated rings. The van der Waals surface area contributed by atoms with Crippen LogP contribution in [-0.2, 0) is 23.9 Å². The average Bonchev–Trinajstić information content (AvgIpc) is 3.87. The lowest BCUT2D eigenvalue weighted by molar-refractivity contribution is -0.140. The quantitative estimate of drug-likeness (QED) is 0.139. The molecule has 1 saturated carbocycles. The molecule has 0 saturated heterocycles. The van der Waals surface area contributed by atoms with Gasteiger partial charge in [0, 0.05) is 53.5 Å². The first kappa shape index (κ1) is 32.7. The molecule has 1 aliphatic heterocycles. The first-order chi connectivity index (χ1) is 23.7. The van der Waals surface area contributed by atoms with Crippen LogP contribution in [0, 0.1) is 11.3 Å². The number of carbonyl (C=O) groups excluding carboxylic acids is 3. The fourth-order valence-electron chi connectivity index (χ4n) is 5.35. The molecule has 4 aromatic rings. The Balaban J connectivity index is 1.35. The number of hydrogen-bond acceptors (Lipinski definition) is 12. The zero-order valence-electron chi connectivity index (χ0n) is 27.1. The normalized spacial score (nSPS) is 16.0. The molecule has 0 radical (unpaired) electrons. The number of esters is 2. The summed E-state index contributed by atoms with van der Waals surface area (Å²) in [5.74, 6) is -2.51. The third kappa shape index (κ3) is 7.53. The molecule has 3 N–H and O–H groups in total. The van der Waals surface area contributed by atoms with Gasteiger partial charge in [-0.05, 0) is 52.0 Å². The van der Waals surface area contributed by atoms with Gasteiger partial charge in [0.15, 0.2) is 0 Å². The van der Waals surface area contributed by atoms with Gasteiger partial charge < -0.3 is 39.6 Å². The SMILES string of the molecule is COc1cc(NCCCN(C)C)c(NC(=O)/C2=C/OC(=O)/C=C/C(=O)O2)cc1Nc1ncc(C#N)c(-c2cn(C3CC3)c3ccccc23)n1. The van der Waals surface area contributed by atoms with E-state index >= 15 is 0 Å². The second-order valence-corrected chi connectivity index (χ2v) is 11.7. The van der Waals surface area contributed by atoms with Crippen molar-refractivity contribution in [1.82, 2.24) is 19.4 Å². The van der Waals surface area contributed by atoms with Crippen molar-refractivity contribution < 1.29 is 28.6 Å². The molecule has 1 aliphatic carbocycles. The number of methoxy groups -OCH3 is 1. The summed E-state index contributed by atoms with van der Waals surface area (Å²) in [4.78, 5) is 48.3. The number of nitrogens with one attached hydrogen (secondary N) is 3. The number of anilines is 4. The highest BCUT2D eigenvalue weighted by Crippen LogP contribution is 2.42. The molecule has 49 heavy (non-hydrogen) atoms. The Hall–Kier alpha value is -6.20. The van der Waals surface area contributed by atoms with Gasteiger partial charge in [0.1, 0.15) is 18.1 Å². The van der Waals surface area contributed by atoms with Crippen LogP contribution in [0.15, 0.2) is 73.0 Å². The highest BCUT2D eigenvalue weighted by Gasteiger charge is 2.27. The van der Waals surface area contributed by atoms with Crippen molar-refractivity contribution in [3.8, 4) is 23.1 Å². The average molecular weight is 663 g/mol. The second-order valence-electron chi connectivity index (χ2n) is 11.7. The lowest BCUT2D eigenvalue weighted by Crippen LogP contribution is -2.21. The van der Waals surface area contributed by atoms with Gasteiger partial charge in [0.25, 0.3) is 5.91 Å². The van der Waals surface area contributed by atoms with Crippen LogP contribution < -0.4 is 20.7 Å². The molecule has 3 heterocycles. The fraction of sp³-hybridized carbons (Fsp3) is 0.257. The van der Waals surface area contributed by atoms with Gasteiger partial charge in [0.2, 0.25) is 11.7 Å². The molecule has 250 valence electrons. The standard InChI is InChI=1S/C35H34N8O6/c1-42(2)14-6-13-37-25-16-29(47-3)27(15-26(25)39-34(46)30-20-48-31(44)11-12-32(45)49-30)40-35-38-18-21(17-36)33(41-35)24-19-43(22-9-10-22)28-8-5-4-7-23(24)28/h4-5,7-8,11-12,15-16,18-20,22,37H,6,9-10,13-14H2,1-3H3,(H,39,46)(H,38,40,41)/b12-11+,30-20-. The van der Waals surface area contributed by atoms with Gasteiger partial charge in [-0.3, -0.25) is 4.79 Å². The fourth-order valence-corrected chi connectivity index (χ4v) is 5.35. The predicted octanol–water partition coefficient (Wildman–Crippen LogP) is 4.86. The second kappa shape index (κ2) is 14.3. The van der Waals surface area contributed by atoms with E-state index in [1.54, 1.807) is 12.1 Å². The monoisotopic (exact) mass is 662 g/mol. The Morgan fingerprint density at radius 3 is 2.67 bits per heavy atom. The van der Waals surface area contributed by atoms with E-state index in [0.717, 1.165) is 60.7 Å². The van der Waals surface area contributed by atoms with E-state index in [1.165, 1.54) is 13.3 Å². The van der Waals surface area contributed by atoms with Crippen molar-refractivity contribution in [1.29, 1.82) is 5.26 Å². The zero-order chi connectivity index (χ0) is 34.5. The third-order valence-electron chi connectivity index (χ3n) is 7.85. The van der Waals surface area contributed by atoms with E-state index in [1.807, 2.05) is 38.5 Å². The summed E-state index contributed by atoms with van der Waals surface area (Å²) in [6.45, 7) is 1.39. The van der Waals surface area contributed by atoms with Crippen LogP contribution in [0.1, 0.15) is 30.9 Å². The minimum atomic E-state index is -0.911. The number of rotatable bonds is 12. The Bertz CT molecular complexity index is 2040. The predicted molar refractivity (Wildman–Crippen MR) is 182 cm³/mol. The first-order valence-electron chi connectivity index (χ1n) is 15.6. The van der Waals surface area contributed by atoms with Gasteiger partial charge >= 0.3 is 11.9 Å². The van der Waals surface area contributed by atoms with Crippen LogP contribution >= 0.6 is 0 Å². The number of amides is 1. The van der Waals surface area contributed by atoms with E-state index in [9.17, 15) is 19.6 Å². The maximum Gasteiger partial charge on any atom is 0.336 e. The van der Waals surface area contributed by atoms with Crippen LogP contribution in [0.2, 0.25) is 0 Å². The van der Waals surface area contributed by atoms with Crippen molar-refractivity contribution in [3.05, 3.63) is 78.5 Å². The zero-order valence-corrected chi connectivity index (χ0v) is 27.1. The highest BCUT2D eigenvalue weighted by atomic mass is 16.6. The number of aromatic nitrogens is 3. The van der Waals surface area contributed by atoms with E-state index in [4.69, 9.17) is 19.2 Å². The molecular formula is C35H34N8O6. The maximum atomic E-state index is 13.3. The number of benzene rings is 2. The number of ether oxygens (including phenoxy) is 3. The molecule has 0 atom stereocenters. The van der Waals surface area contributed by atoms with E-state index in [2.05, 4.69) is 42.5 Å². The molecular weight excluding hydrogens is 628 g/mol. The van der Waals surface area contributed by atoms with E-state index < -0.39 is 23.6 Å². The smallest absolute Gasteiger partial charge is 0.336 e. The van der Waals surface area contributed by atoms with Gasteiger partial charge in [-0.25, -0.2) is 19.6 Å². The molecule has 0 unspecified atom stereocenters. The van der Waals surface area contributed by atoms with Crippen LogP contribution in [-0.4, -0.2) is 71.6 Å². The Morgan fingerprint density at radius 2 is 1.92 bits per heavy atom. The van der Waals surface area contributed by atoms with Crippen molar-refractivity contribution in [3.63, 3.8) is 0 Å². The Morgan fingerprint density at radius 1 is 1.12 bits per heavy atom. The first-order valence-corrected chi connectivity index (χ1v) is 15.6. The molecule has 0 spiro atoms. The molecule has 2 aliphatic rings. The number of nitrogens with zero attached hydrogens (tertiary/aromatic N) is 5. The van der Waals surface area contributed by atoms with E-state index in [-0.39, 0.29) is 5.95 Å². The number of nitriles is 1. The van der Waals surface area contributed by atoms with Crippen LogP contribution in [0.4, 0.5) is 23.0 Å². The van der Waals surface area contributed by atoms with Crippen molar-refractivity contribution in [2.45, 2.75) is 25.3 Å². The summed E-state index contributed by atoms with van der Waals surface area (Å²) < 4.78 is 17.9. The van der Waals surface area contributed by atoms with Gasteiger partial charge in [-0.2, -0.15) is 5.26 Å². The number of fused-ring (bicyclic) bond motifs is 1. The van der Waals surface area contributed by atoms with Crippen LogP contribution in [0.25, 0.3) is 22.2 Å². The minimum absolute atomic E-state index is 0.190. The molecule has 2 aromatic carbocycles. The molecule has 6 rings (SSSR count). The molecule has 14 heteroatoms. The molecule has 2 aromatic heterocycles. The number of carbonyl (C=O) groups is 3. The van der Waals surface area contributed by atoms with Crippen LogP contribution in [0.3, 0.4) is 0 Å². The summed E-state index contributed by atoms with van der Waals surface area (Å²) in [6, 6.07) is 14.0. The maximum absolute atomic E-state index is 13.3. The van der Waals surface area contributed by atoms with Crippen molar-refractivity contribution >= 4 is 51.8 Å². The van der Waals surface area contributed by atoms with Gasteiger partial charge in [-0.1, -0.05) is 18.2 Å². The number of cyclic esters (lactones) is 2. The summed E-state index contributed by atoms with van der Waals surface area (Å²) in [6.07, 6.45) is 9.05. The highest BCUT2D eigenvalue weighted by molar-refractivity contribution is 6.07. The summed E-state index contributed by atoms with van der Waals surface area (Å²) in [5.41, 5.74) is 3.88. The summed E-state index contributed by atoms with van der Waals surface area (Å²) in [5, 5.41) is 20.2. The van der Waals surface area contributed by atoms with E-state index in [0.29, 0.717) is 46.7 Å². The van der Waals surface area contributed by atoms with Gasteiger partial charge in [0.05, 0.1) is 41.6 Å². The Kier molecular flexibility index (Phi) is 9.54. The Labute approximate surface area is 282 Å².